The highest BCUT2D eigenvalue weighted by molar-refractivity contribution is 5.91. The van der Waals surface area contributed by atoms with E-state index < -0.39 is 5.91 Å². The van der Waals surface area contributed by atoms with E-state index in [1.165, 1.54) is 6.08 Å². The number of methoxy groups -OCH3 is 1. The predicted molar refractivity (Wildman–Crippen MR) is 108 cm³/mol. The third kappa shape index (κ3) is 4.99. The van der Waals surface area contributed by atoms with Crippen molar-refractivity contribution in [2.45, 2.75) is 13.0 Å². The van der Waals surface area contributed by atoms with Crippen LogP contribution in [0.4, 0.5) is 0 Å². The van der Waals surface area contributed by atoms with Crippen LogP contribution in [0.15, 0.2) is 48.5 Å². The average Bonchev–Trinajstić information content (AvgIpc) is 3.06. The third-order valence-electron chi connectivity index (χ3n) is 4.50. The smallest absolute Gasteiger partial charge is 0.267 e. The highest BCUT2D eigenvalue weighted by Gasteiger charge is 2.10. The Kier molecular flexibility index (Phi) is 6.25. The minimum atomic E-state index is -0.605. The van der Waals surface area contributed by atoms with Crippen molar-refractivity contribution in [3.63, 3.8) is 0 Å². The van der Waals surface area contributed by atoms with Crippen molar-refractivity contribution in [1.29, 1.82) is 0 Å². The fourth-order valence-electron chi connectivity index (χ4n) is 2.91. The first-order valence-corrected chi connectivity index (χ1v) is 8.97. The summed E-state index contributed by atoms with van der Waals surface area (Å²) in [5, 5.41) is 11.4. The second-order valence-electron chi connectivity index (χ2n) is 6.45. The van der Waals surface area contributed by atoms with Gasteiger partial charge in [-0.15, -0.1) is 0 Å². The van der Waals surface area contributed by atoms with Crippen molar-refractivity contribution in [1.82, 2.24) is 20.3 Å². The number of nitrogens with zero attached hydrogens (tertiary/aromatic N) is 2. The molecule has 0 bridgehead atoms. The van der Waals surface area contributed by atoms with E-state index in [-0.39, 0.29) is 12.3 Å². The number of hydroxylamine groups is 1. The van der Waals surface area contributed by atoms with Crippen molar-refractivity contribution < 1.29 is 19.5 Å². The summed E-state index contributed by atoms with van der Waals surface area (Å²) in [6.07, 6.45) is 3.08. The molecule has 150 valence electrons. The average molecular weight is 394 g/mol. The molecule has 0 saturated carbocycles. The molecule has 8 nitrogen and oxygen atoms in total. The summed E-state index contributed by atoms with van der Waals surface area (Å²) in [6.45, 7) is 0.304. The zero-order valence-electron chi connectivity index (χ0n) is 16.2. The molecule has 0 atom stereocenters. The van der Waals surface area contributed by atoms with Crippen LogP contribution in [0, 0.1) is 0 Å². The highest BCUT2D eigenvalue weighted by atomic mass is 16.5. The Bertz CT molecular complexity index is 1050. The quantitative estimate of drug-likeness (QED) is 0.323. The molecular formula is C21H22N4O4. The summed E-state index contributed by atoms with van der Waals surface area (Å²) in [5.74, 6) is 0.768. The molecule has 0 fully saturated rings. The number of hydrogen-bond acceptors (Lipinski definition) is 5. The van der Waals surface area contributed by atoms with E-state index in [2.05, 4.69) is 10.3 Å². The van der Waals surface area contributed by atoms with Crippen LogP contribution >= 0.6 is 0 Å². The van der Waals surface area contributed by atoms with Gasteiger partial charge in [-0.1, -0.05) is 18.2 Å². The van der Waals surface area contributed by atoms with Crippen molar-refractivity contribution >= 4 is 28.9 Å². The third-order valence-corrected chi connectivity index (χ3v) is 4.50. The van der Waals surface area contributed by atoms with Crippen LogP contribution in [-0.2, 0) is 29.6 Å². The summed E-state index contributed by atoms with van der Waals surface area (Å²) in [7, 11) is 3.48. The fourth-order valence-corrected chi connectivity index (χ4v) is 2.91. The SMILES string of the molecule is COc1ccc(CC(=O)NCc2nc3cc(C=CC(=O)NO)ccc3n2C)cc1. The van der Waals surface area contributed by atoms with E-state index in [1.54, 1.807) is 18.7 Å². The molecule has 1 heterocycles. The van der Waals surface area contributed by atoms with Crippen molar-refractivity contribution in [3.8, 4) is 5.75 Å². The highest BCUT2D eigenvalue weighted by Crippen LogP contribution is 2.18. The molecule has 3 N–H and O–H groups in total. The van der Waals surface area contributed by atoms with Gasteiger partial charge in [-0.3, -0.25) is 14.8 Å². The minimum Gasteiger partial charge on any atom is -0.497 e. The van der Waals surface area contributed by atoms with Gasteiger partial charge in [-0.2, -0.15) is 0 Å². The molecule has 0 aliphatic carbocycles. The van der Waals surface area contributed by atoms with Crippen LogP contribution in [0.2, 0.25) is 0 Å². The lowest BCUT2D eigenvalue weighted by atomic mass is 10.1. The monoisotopic (exact) mass is 394 g/mol. The molecular weight excluding hydrogens is 372 g/mol. The minimum absolute atomic E-state index is 0.0964. The van der Waals surface area contributed by atoms with Crippen molar-refractivity contribution in [2.75, 3.05) is 7.11 Å². The number of benzene rings is 2. The summed E-state index contributed by atoms with van der Waals surface area (Å²) in [4.78, 5) is 27.9. The van der Waals surface area contributed by atoms with Gasteiger partial charge in [-0.05, 0) is 41.5 Å². The number of carbonyl (C=O) groups is 2. The maximum atomic E-state index is 12.3. The van der Waals surface area contributed by atoms with Crippen LogP contribution in [0.1, 0.15) is 17.0 Å². The Balaban J connectivity index is 1.66. The molecule has 0 aliphatic heterocycles. The summed E-state index contributed by atoms with van der Waals surface area (Å²) < 4.78 is 7.03. The van der Waals surface area contributed by atoms with Gasteiger partial charge in [0.1, 0.15) is 11.6 Å². The van der Waals surface area contributed by atoms with Crippen LogP contribution in [0.5, 0.6) is 5.75 Å². The maximum absolute atomic E-state index is 12.3. The Morgan fingerprint density at radius 3 is 2.66 bits per heavy atom. The number of aromatic nitrogens is 2. The van der Waals surface area contributed by atoms with Crippen molar-refractivity contribution in [2.24, 2.45) is 7.05 Å². The zero-order chi connectivity index (χ0) is 20.8. The lowest BCUT2D eigenvalue weighted by Crippen LogP contribution is -2.25. The first-order chi connectivity index (χ1) is 14.0. The molecule has 2 aromatic carbocycles. The molecule has 29 heavy (non-hydrogen) atoms. The van der Waals surface area contributed by atoms with E-state index in [1.807, 2.05) is 54.1 Å². The van der Waals surface area contributed by atoms with Gasteiger partial charge in [0, 0.05) is 13.1 Å². The van der Waals surface area contributed by atoms with Gasteiger partial charge in [-0.25, -0.2) is 10.5 Å². The van der Waals surface area contributed by atoms with E-state index in [0.29, 0.717) is 6.54 Å². The van der Waals surface area contributed by atoms with Crippen LogP contribution < -0.4 is 15.5 Å². The zero-order valence-corrected chi connectivity index (χ0v) is 16.2. The molecule has 0 aliphatic rings. The first-order valence-electron chi connectivity index (χ1n) is 8.97. The normalized spacial score (nSPS) is 11.0. The van der Waals surface area contributed by atoms with E-state index in [4.69, 9.17) is 9.94 Å². The number of imidazole rings is 1. The summed E-state index contributed by atoms with van der Waals surface area (Å²) in [5.41, 5.74) is 4.88. The largest absolute Gasteiger partial charge is 0.497 e. The van der Waals surface area contributed by atoms with Gasteiger partial charge >= 0.3 is 0 Å². The van der Waals surface area contributed by atoms with E-state index >= 15 is 0 Å². The van der Waals surface area contributed by atoms with E-state index in [9.17, 15) is 9.59 Å². The fraction of sp³-hybridized carbons (Fsp3) is 0.190. The number of hydrogen-bond donors (Lipinski definition) is 3. The molecule has 0 saturated heterocycles. The van der Waals surface area contributed by atoms with Gasteiger partial charge < -0.3 is 14.6 Å². The standard InChI is InChI=1S/C21H22N4O4/c1-25-18-9-5-14(6-10-20(26)24-28)11-17(18)23-19(25)13-22-21(27)12-15-3-7-16(29-2)8-4-15/h3-11,28H,12-13H2,1-2H3,(H,22,27)(H,24,26). The molecule has 1 aromatic heterocycles. The molecule has 0 radical (unpaired) electrons. The molecule has 0 spiro atoms. The predicted octanol–water partition coefficient (Wildman–Crippen LogP) is 1.96. The summed E-state index contributed by atoms with van der Waals surface area (Å²) >= 11 is 0. The van der Waals surface area contributed by atoms with Gasteiger partial charge in [0.15, 0.2) is 0 Å². The van der Waals surface area contributed by atoms with Gasteiger partial charge in [0.2, 0.25) is 5.91 Å². The Morgan fingerprint density at radius 2 is 1.97 bits per heavy atom. The molecule has 3 rings (SSSR count). The number of nitrogens with one attached hydrogen (secondary N) is 2. The second-order valence-corrected chi connectivity index (χ2v) is 6.45. The lowest BCUT2D eigenvalue weighted by molar-refractivity contribution is -0.124. The Labute approximate surface area is 167 Å². The summed E-state index contributed by atoms with van der Waals surface area (Å²) in [6, 6.07) is 12.9. The molecule has 3 aromatic rings. The molecule has 2 amide bonds. The number of ether oxygens (including phenoxy) is 1. The number of carbonyl (C=O) groups excluding carboxylic acids is 2. The number of amides is 2. The number of fused-ring (bicyclic) bond motifs is 1. The molecule has 8 heteroatoms. The molecule has 0 unspecified atom stereocenters. The first kappa shape index (κ1) is 20.1. The Hall–Kier alpha value is -3.65. The van der Waals surface area contributed by atoms with E-state index in [0.717, 1.165) is 33.7 Å². The lowest BCUT2D eigenvalue weighted by Gasteiger charge is -2.06. The maximum Gasteiger partial charge on any atom is 0.267 e. The number of rotatable bonds is 7. The second kappa shape index (κ2) is 9.03. The number of aryl methyl sites for hydroxylation is 1. The topological polar surface area (TPSA) is 105 Å². The van der Waals surface area contributed by atoms with Crippen LogP contribution in [0.3, 0.4) is 0 Å². The van der Waals surface area contributed by atoms with Gasteiger partial charge in [0.25, 0.3) is 5.91 Å². The van der Waals surface area contributed by atoms with Crippen LogP contribution in [0.25, 0.3) is 17.1 Å². The Morgan fingerprint density at radius 1 is 1.21 bits per heavy atom. The van der Waals surface area contributed by atoms with Gasteiger partial charge in [0.05, 0.1) is 31.1 Å². The van der Waals surface area contributed by atoms with Crippen LogP contribution in [-0.4, -0.2) is 33.7 Å². The van der Waals surface area contributed by atoms with Crippen molar-refractivity contribution in [3.05, 3.63) is 65.5 Å².